The summed E-state index contributed by atoms with van der Waals surface area (Å²) in [5.74, 6) is 0.427. The molecule has 3 rings (SSSR count). The maximum atomic E-state index is 12.2. The van der Waals surface area contributed by atoms with E-state index in [1.165, 1.54) is 16.9 Å². The summed E-state index contributed by atoms with van der Waals surface area (Å²) in [5.41, 5.74) is 3.11. The van der Waals surface area contributed by atoms with Crippen LogP contribution in [0.1, 0.15) is 31.2 Å². The number of nitrogens with one attached hydrogen (secondary N) is 1. The van der Waals surface area contributed by atoms with Crippen LogP contribution in [0.4, 0.5) is 5.13 Å². The molecule has 146 valence electrons. The fourth-order valence-electron chi connectivity index (χ4n) is 2.68. The van der Waals surface area contributed by atoms with Gasteiger partial charge in [-0.3, -0.25) is 10.1 Å². The molecular weight excluding hydrogens is 392 g/mol. The predicted octanol–water partition coefficient (Wildman–Crippen LogP) is 6.09. The Morgan fingerprint density at radius 1 is 1.11 bits per heavy atom. The first-order chi connectivity index (χ1) is 13.2. The molecule has 28 heavy (non-hydrogen) atoms. The Balaban J connectivity index is 1.59. The molecule has 1 aromatic heterocycles. The number of ether oxygens (including phenoxy) is 1. The number of carbonyl (C=O) groups excluding carboxylic acids is 1. The summed E-state index contributed by atoms with van der Waals surface area (Å²) in [5, 5.41) is 4.04. The maximum Gasteiger partial charge on any atom is 0.264 e. The second-order valence-electron chi connectivity index (χ2n) is 7.54. The van der Waals surface area contributed by atoms with Gasteiger partial charge in [-0.05, 0) is 42.2 Å². The lowest BCUT2D eigenvalue weighted by atomic mass is 9.87. The Morgan fingerprint density at radius 2 is 1.75 bits per heavy atom. The zero-order valence-corrected chi connectivity index (χ0v) is 17.9. The zero-order chi connectivity index (χ0) is 20.3. The van der Waals surface area contributed by atoms with Crippen molar-refractivity contribution in [3.63, 3.8) is 0 Å². The minimum Gasteiger partial charge on any atom is -0.484 e. The molecule has 6 heteroatoms. The average molecular weight is 415 g/mol. The van der Waals surface area contributed by atoms with Gasteiger partial charge in [0.15, 0.2) is 11.7 Å². The highest BCUT2D eigenvalue weighted by molar-refractivity contribution is 7.16. The van der Waals surface area contributed by atoms with Crippen molar-refractivity contribution >= 4 is 34.0 Å². The Hall–Kier alpha value is -2.37. The lowest BCUT2D eigenvalue weighted by molar-refractivity contribution is -0.118. The van der Waals surface area contributed by atoms with Gasteiger partial charge in [-0.2, -0.15) is 0 Å². The van der Waals surface area contributed by atoms with E-state index in [0.29, 0.717) is 15.9 Å². The number of benzene rings is 2. The number of amides is 1. The molecule has 4 nitrogen and oxygen atoms in total. The van der Waals surface area contributed by atoms with Gasteiger partial charge in [0, 0.05) is 15.5 Å². The van der Waals surface area contributed by atoms with Crippen LogP contribution >= 0.6 is 22.9 Å². The number of aromatic nitrogens is 1. The molecule has 3 aromatic rings. The first-order valence-electron chi connectivity index (χ1n) is 8.99. The van der Waals surface area contributed by atoms with Crippen molar-refractivity contribution < 1.29 is 9.53 Å². The molecule has 0 atom stereocenters. The normalized spacial score (nSPS) is 11.3. The molecule has 0 fully saturated rings. The monoisotopic (exact) mass is 414 g/mol. The van der Waals surface area contributed by atoms with Crippen molar-refractivity contribution in [3.8, 4) is 17.0 Å². The second-order valence-corrected chi connectivity index (χ2v) is 9.18. The highest BCUT2D eigenvalue weighted by Gasteiger charge is 2.14. The van der Waals surface area contributed by atoms with Gasteiger partial charge in [-0.15, -0.1) is 11.3 Å². The number of hydrogen-bond acceptors (Lipinski definition) is 4. The minimum atomic E-state index is -0.240. The van der Waals surface area contributed by atoms with Crippen molar-refractivity contribution in [3.05, 3.63) is 64.0 Å². The van der Waals surface area contributed by atoms with E-state index >= 15 is 0 Å². The average Bonchev–Trinajstić information content (AvgIpc) is 3.00. The van der Waals surface area contributed by atoms with Crippen molar-refractivity contribution in [2.75, 3.05) is 11.9 Å². The van der Waals surface area contributed by atoms with E-state index in [1.54, 1.807) is 0 Å². The van der Waals surface area contributed by atoms with E-state index in [-0.39, 0.29) is 17.9 Å². The van der Waals surface area contributed by atoms with Gasteiger partial charge in [-0.25, -0.2) is 4.98 Å². The van der Waals surface area contributed by atoms with Crippen LogP contribution in [0.5, 0.6) is 5.75 Å². The smallest absolute Gasteiger partial charge is 0.264 e. The number of carbonyl (C=O) groups is 1. The third kappa shape index (κ3) is 5.12. The number of halogens is 1. The fraction of sp³-hybridized carbons (Fsp3) is 0.273. The van der Waals surface area contributed by atoms with Crippen LogP contribution in [-0.4, -0.2) is 17.5 Å². The first-order valence-corrected chi connectivity index (χ1v) is 10.2. The molecule has 0 saturated carbocycles. The Bertz CT molecular complexity index is 958. The Morgan fingerprint density at radius 3 is 2.36 bits per heavy atom. The van der Waals surface area contributed by atoms with Crippen LogP contribution in [0.25, 0.3) is 11.3 Å². The standard InChI is InChI=1S/C22H23ClN2O2S/c1-14-20(15-5-9-17(23)10-6-15)25-21(28-14)24-19(26)13-27-18-11-7-16(8-12-18)22(2,3)4/h5-12H,13H2,1-4H3,(H,24,25,26). The van der Waals surface area contributed by atoms with Gasteiger partial charge in [-0.1, -0.05) is 56.6 Å². The van der Waals surface area contributed by atoms with Crippen molar-refractivity contribution in [2.24, 2.45) is 0 Å². The SMILES string of the molecule is Cc1sc(NC(=O)COc2ccc(C(C)(C)C)cc2)nc1-c1ccc(Cl)cc1. The van der Waals surface area contributed by atoms with Crippen LogP contribution in [-0.2, 0) is 10.2 Å². The molecule has 0 aliphatic carbocycles. The minimum absolute atomic E-state index is 0.0657. The zero-order valence-electron chi connectivity index (χ0n) is 16.4. The van der Waals surface area contributed by atoms with Gasteiger partial charge < -0.3 is 4.74 Å². The maximum absolute atomic E-state index is 12.2. The molecule has 0 unspecified atom stereocenters. The van der Waals surface area contributed by atoms with Crippen molar-refractivity contribution in [1.29, 1.82) is 0 Å². The van der Waals surface area contributed by atoms with Crippen LogP contribution in [0.3, 0.4) is 0 Å². The number of anilines is 1. The molecule has 0 aliphatic rings. The molecule has 1 amide bonds. The molecule has 0 aliphatic heterocycles. The van der Waals surface area contributed by atoms with E-state index in [2.05, 4.69) is 31.1 Å². The van der Waals surface area contributed by atoms with E-state index in [0.717, 1.165) is 16.1 Å². The fourth-order valence-corrected chi connectivity index (χ4v) is 3.66. The van der Waals surface area contributed by atoms with Crippen LogP contribution < -0.4 is 10.1 Å². The van der Waals surface area contributed by atoms with Crippen LogP contribution in [0.2, 0.25) is 5.02 Å². The largest absolute Gasteiger partial charge is 0.484 e. The second kappa shape index (κ2) is 8.33. The summed E-state index contributed by atoms with van der Waals surface area (Å²) in [6.07, 6.45) is 0. The summed E-state index contributed by atoms with van der Waals surface area (Å²) in [6, 6.07) is 15.3. The Kier molecular flexibility index (Phi) is 6.06. The summed E-state index contributed by atoms with van der Waals surface area (Å²) in [7, 11) is 0. The molecule has 1 N–H and O–H groups in total. The third-order valence-corrected chi connectivity index (χ3v) is 5.39. The molecule has 0 bridgehead atoms. The Labute approximate surface area is 174 Å². The lowest BCUT2D eigenvalue weighted by Crippen LogP contribution is -2.20. The highest BCUT2D eigenvalue weighted by atomic mass is 35.5. The summed E-state index contributed by atoms with van der Waals surface area (Å²) < 4.78 is 5.59. The summed E-state index contributed by atoms with van der Waals surface area (Å²) in [4.78, 5) is 17.8. The van der Waals surface area contributed by atoms with Gasteiger partial charge in [0.1, 0.15) is 5.75 Å². The van der Waals surface area contributed by atoms with E-state index in [1.807, 2.05) is 55.5 Å². The number of thiazole rings is 1. The molecule has 0 spiro atoms. The van der Waals surface area contributed by atoms with Crippen molar-refractivity contribution in [1.82, 2.24) is 4.98 Å². The van der Waals surface area contributed by atoms with Gasteiger partial charge in [0.05, 0.1) is 5.69 Å². The van der Waals surface area contributed by atoms with E-state index in [4.69, 9.17) is 16.3 Å². The summed E-state index contributed by atoms with van der Waals surface area (Å²) in [6.45, 7) is 8.38. The molecule has 1 heterocycles. The molecule has 0 radical (unpaired) electrons. The first kappa shape index (κ1) is 20.4. The van der Waals surface area contributed by atoms with Gasteiger partial charge in [0.25, 0.3) is 5.91 Å². The molecule has 0 saturated heterocycles. The lowest BCUT2D eigenvalue weighted by Gasteiger charge is -2.19. The number of nitrogens with zero attached hydrogens (tertiary/aromatic N) is 1. The number of aryl methyl sites for hydroxylation is 1. The highest BCUT2D eigenvalue weighted by Crippen LogP contribution is 2.31. The number of hydrogen-bond donors (Lipinski definition) is 1. The molecular formula is C22H23ClN2O2S. The van der Waals surface area contributed by atoms with Gasteiger partial charge in [0.2, 0.25) is 0 Å². The third-order valence-electron chi connectivity index (χ3n) is 4.25. The summed E-state index contributed by atoms with van der Waals surface area (Å²) >= 11 is 7.38. The topological polar surface area (TPSA) is 51.2 Å². The quantitative estimate of drug-likeness (QED) is 0.549. The van der Waals surface area contributed by atoms with Crippen LogP contribution in [0, 0.1) is 6.92 Å². The predicted molar refractivity (Wildman–Crippen MR) is 117 cm³/mol. The van der Waals surface area contributed by atoms with Crippen molar-refractivity contribution in [2.45, 2.75) is 33.1 Å². The molecule has 2 aromatic carbocycles. The number of rotatable bonds is 5. The van der Waals surface area contributed by atoms with E-state index in [9.17, 15) is 4.79 Å². The van der Waals surface area contributed by atoms with Crippen LogP contribution in [0.15, 0.2) is 48.5 Å². The van der Waals surface area contributed by atoms with E-state index < -0.39 is 0 Å². The van der Waals surface area contributed by atoms with Gasteiger partial charge >= 0.3 is 0 Å².